The van der Waals surface area contributed by atoms with Crippen LogP contribution in [0.1, 0.15) is 66.3 Å². The molecule has 0 unspecified atom stereocenters. The second kappa shape index (κ2) is 12.9. The smallest absolute Gasteiger partial charge is 0.386 e. The van der Waals surface area contributed by atoms with E-state index in [1.54, 1.807) is 0 Å². The van der Waals surface area contributed by atoms with Gasteiger partial charge in [0.05, 0.1) is 16.8 Å². The molecule has 1 aliphatic rings. The third kappa shape index (κ3) is 8.22. The van der Waals surface area contributed by atoms with Crippen molar-refractivity contribution in [2.45, 2.75) is 50.4 Å². The van der Waals surface area contributed by atoms with Crippen molar-refractivity contribution < 1.29 is 34.7 Å². The molecule has 0 spiro atoms. The minimum atomic E-state index is -0.850. The van der Waals surface area contributed by atoms with E-state index >= 15 is 0 Å². The predicted octanol–water partition coefficient (Wildman–Crippen LogP) is 6.31. The Morgan fingerprint density at radius 3 is 2.56 bits per heavy atom. The second-order valence-electron chi connectivity index (χ2n) is 11.1. The van der Waals surface area contributed by atoms with Crippen molar-refractivity contribution >= 4 is 46.4 Å². The number of aliphatic hydroxyl groups is 1. The van der Waals surface area contributed by atoms with Crippen molar-refractivity contribution in [3.8, 4) is 0 Å². The summed E-state index contributed by atoms with van der Waals surface area (Å²) < 4.78 is 0. The molecule has 0 amide bonds. The largest absolute Gasteiger partial charge is 1.00 e. The number of pyridine rings is 1. The first-order chi connectivity index (χ1) is 18.2. The molecule has 1 aliphatic carbocycles. The van der Waals surface area contributed by atoms with Crippen LogP contribution in [0.4, 0.5) is 0 Å². The molecular formula is C34H35ClNNaOS. The maximum absolute atomic E-state index is 10.7. The van der Waals surface area contributed by atoms with Crippen LogP contribution in [-0.4, -0.2) is 15.8 Å². The van der Waals surface area contributed by atoms with Gasteiger partial charge in [0.15, 0.2) is 0 Å². The van der Waals surface area contributed by atoms with Gasteiger partial charge >= 0.3 is 29.6 Å². The third-order valence-electron chi connectivity index (χ3n) is 7.30. The molecule has 0 saturated heterocycles. The van der Waals surface area contributed by atoms with Crippen molar-refractivity contribution in [1.29, 1.82) is 0 Å². The van der Waals surface area contributed by atoms with Crippen LogP contribution in [0, 0.1) is 12.3 Å². The first-order valence-corrected chi connectivity index (χ1v) is 14.7. The molecule has 196 valence electrons. The summed E-state index contributed by atoms with van der Waals surface area (Å²) >= 11 is 8.20. The summed E-state index contributed by atoms with van der Waals surface area (Å²) in [4.78, 5) is 4.76. The summed E-state index contributed by atoms with van der Waals surface area (Å²) in [6, 6.07) is 27.0. The fourth-order valence-electron chi connectivity index (χ4n) is 4.81. The van der Waals surface area contributed by atoms with Gasteiger partial charge in [-0.2, -0.15) is 11.8 Å². The summed E-state index contributed by atoms with van der Waals surface area (Å²) in [6.45, 7) is 8.17. The number of hydrogen-bond acceptors (Lipinski definition) is 3. The topological polar surface area (TPSA) is 33.1 Å². The van der Waals surface area contributed by atoms with E-state index in [0.717, 1.165) is 46.3 Å². The van der Waals surface area contributed by atoms with Crippen molar-refractivity contribution in [1.82, 2.24) is 4.98 Å². The van der Waals surface area contributed by atoms with Gasteiger partial charge in [0.25, 0.3) is 0 Å². The van der Waals surface area contributed by atoms with E-state index in [1.165, 1.54) is 24.0 Å². The quantitative estimate of drug-likeness (QED) is 0.181. The number of nitrogens with zero attached hydrogens (tertiary/aromatic N) is 1. The molecule has 0 bridgehead atoms. The van der Waals surface area contributed by atoms with Crippen LogP contribution < -0.4 is 29.6 Å². The SMILES string of the molecule is [CH2-]C1(CS[C@H](CCc2ccccc2C(C)(C)O)c2cccc(/C=C/c3ccc4ccc(Cl)cc4n3)c2)CC1.[Na+]. The Labute approximate surface area is 264 Å². The zero-order valence-electron chi connectivity index (χ0n) is 23.2. The third-order valence-corrected chi connectivity index (χ3v) is 9.23. The Bertz CT molecular complexity index is 1460. The standard InChI is InChI=1S/C34H35ClNOS.Na/c1-33(2,37)30-10-5-4-8-25(30)14-18-32(38-23-34(3)19-20-34)27-9-6-7-24(21-27)11-16-29-17-13-26-12-15-28(35)22-31(26)36-29;/h4-13,15-17,21-22,32,37H,3,14,18-20,23H2,1-2H3;/q-1;+1/b16-11+;/t32-;/m1./s1. The zero-order valence-corrected chi connectivity index (χ0v) is 26.7. The van der Waals surface area contributed by atoms with Gasteiger partial charge in [0, 0.05) is 15.7 Å². The van der Waals surface area contributed by atoms with Crippen LogP contribution in [0.25, 0.3) is 23.1 Å². The molecule has 1 atom stereocenters. The number of fused-ring (bicyclic) bond motifs is 1. The molecule has 4 aromatic rings. The summed E-state index contributed by atoms with van der Waals surface area (Å²) in [7, 11) is 0. The Morgan fingerprint density at radius 1 is 1.03 bits per heavy atom. The average Bonchev–Trinajstić information content (AvgIpc) is 3.64. The van der Waals surface area contributed by atoms with Crippen LogP contribution in [0.5, 0.6) is 0 Å². The van der Waals surface area contributed by atoms with Gasteiger partial charge in [-0.05, 0) is 79.0 Å². The number of halogens is 1. The molecule has 0 aliphatic heterocycles. The van der Waals surface area contributed by atoms with E-state index in [0.29, 0.717) is 10.3 Å². The summed E-state index contributed by atoms with van der Waals surface area (Å²) in [5.41, 5.74) is 5.94. The molecule has 1 saturated carbocycles. The molecule has 5 heteroatoms. The molecule has 1 heterocycles. The van der Waals surface area contributed by atoms with Crippen molar-refractivity contribution in [3.63, 3.8) is 0 Å². The zero-order chi connectivity index (χ0) is 26.8. The van der Waals surface area contributed by atoms with E-state index in [1.807, 2.05) is 62.0 Å². The Kier molecular flexibility index (Phi) is 10.1. The molecule has 3 aromatic carbocycles. The minimum absolute atomic E-state index is 0. The van der Waals surface area contributed by atoms with Gasteiger partial charge in [-0.1, -0.05) is 91.2 Å². The van der Waals surface area contributed by atoms with Gasteiger partial charge in [-0.3, -0.25) is 0 Å². The Hall–Kier alpha value is -1.59. The molecule has 2 nitrogen and oxygen atoms in total. The van der Waals surface area contributed by atoms with Crippen molar-refractivity contribution in [2.75, 3.05) is 5.75 Å². The molecule has 1 N–H and O–H groups in total. The van der Waals surface area contributed by atoms with E-state index in [9.17, 15) is 5.11 Å². The van der Waals surface area contributed by atoms with E-state index in [-0.39, 0.29) is 35.0 Å². The monoisotopic (exact) mass is 563 g/mol. The van der Waals surface area contributed by atoms with Crippen LogP contribution in [0.2, 0.25) is 5.02 Å². The van der Waals surface area contributed by atoms with E-state index in [4.69, 9.17) is 16.6 Å². The van der Waals surface area contributed by atoms with Gasteiger partial charge in [0.2, 0.25) is 0 Å². The van der Waals surface area contributed by atoms with Gasteiger partial charge in [-0.25, -0.2) is 4.98 Å². The number of aryl methyl sites for hydroxylation is 1. The van der Waals surface area contributed by atoms with Gasteiger partial charge in [-0.15, -0.1) is 5.41 Å². The van der Waals surface area contributed by atoms with Gasteiger partial charge < -0.3 is 12.0 Å². The minimum Gasteiger partial charge on any atom is -0.386 e. The van der Waals surface area contributed by atoms with Crippen LogP contribution in [0.15, 0.2) is 78.9 Å². The number of benzene rings is 3. The van der Waals surface area contributed by atoms with Crippen LogP contribution in [-0.2, 0) is 12.0 Å². The van der Waals surface area contributed by atoms with Crippen LogP contribution in [0.3, 0.4) is 0 Å². The number of rotatable bonds is 10. The van der Waals surface area contributed by atoms with Gasteiger partial charge in [0.1, 0.15) is 0 Å². The van der Waals surface area contributed by atoms with Crippen LogP contribution >= 0.6 is 23.4 Å². The Morgan fingerprint density at radius 2 is 1.79 bits per heavy atom. The van der Waals surface area contributed by atoms with Crippen molar-refractivity contribution in [3.05, 3.63) is 119 Å². The molecular weight excluding hydrogens is 529 g/mol. The fourth-order valence-corrected chi connectivity index (χ4v) is 6.44. The molecule has 1 fully saturated rings. The normalized spacial score (nSPS) is 15.3. The maximum atomic E-state index is 10.7. The number of hydrogen-bond donors (Lipinski definition) is 1. The van der Waals surface area contributed by atoms with E-state index < -0.39 is 5.60 Å². The number of aromatic nitrogens is 1. The average molecular weight is 564 g/mol. The molecule has 5 rings (SSSR count). The summed E-state index contributed by atoms with van der Waals surface area (Å²) in [5, 5.41) is 12.8. The first kappa shape index (κ1) is 30.4. The number of thioether (sulfide) groups is 1. The maximum Gasteiger partial charge on any atom is 1.00 e. The molecule has 39 heavy (non-hydrogen) atoms. The fraction of sp³-hybridized carbons (Fsp3) is 0.294. The second-order valence-corrected chi connectivity index (χ2v) is 12.8. The summed E-state index contributed by atoms with van der Waals surface area (Å²) in [5.74, 6) is 1.08. The first-order valence-electron chi connectivity index (χ1n) is 13.3. The van der Waals surface area contributed by atoms with Crippen molar-refractivity contribution in [2.24, 2.45) is 5.41 Å². The predicted molar refractivity (Wildman–Crippen MR) is 164 cm³/mol. The van der Waals surface area contributed by atoms with E-state index in [2.05, 4.69) is 61.5 Å². The molecule has 1 aromatic heterocycles. The molecule has 0 radical (unpaired) electrons. The summed E-state index contributed by atoms with van der Waals surface area (Å²) in [6.07, 6.45) is 8.58. The Balaban J connectivity index is 0.00000353.